The molecular formula is C54H38N4O2S3. The van der Waals surface area contributed by atoms with Crippen molar-refractivity contribution in [2.45, 2.75) is 38.5 Å². The van der Waals surface area contributed by atoms with Crippen LogP contribution in [0.1, 0.15) is 54.8 Å². The van der Waals surface area contributed by atoms with Crippen LogP contribution in [0.2, 0.25) is 0 Å². The van der Waals surface area contributed by atoms with Gasteiger partial charge in [-0.3, -0.25) is 0 Å². The van der Waals surface area contributed by atoms with Gasteiger partial charge >= 0.3 is 5.97 Å². The number of aromatic nitrogens is 2. The molecule has 0 aliphatic heterocycles. The molecule has 0 spiro atoms. The Hall–Kier alpha value is -6.96. The van der Waals surface area contributed by atoms with Crippen molar-refractivity contribution in [2.75, 3.05) is 4.90 Å². The predicted octanol–water partition coefficient (Wildman–Crippen LogP) is 14.9. The highest BCUT2D eigenvalue weighted by molar-refractivity contribution is 7.19. The Morgan fingerprint density at radius 3 is 1.60 bits per heavy atom. The number of hydrogen-bond acceptors (Lipinski definition) is 8. The quantitative estimate of drug-likeness (QED) is 0.121. The van der Waals surface area contributed by atoms with E-state index in [4.69, 9.17) is 4.37 Å². The SMILES string of the molecule is CC1(C)c2ccccc2-c2ccc(N(c3ccc(-c4ccc(-c5ccc(-c6ccc(C=C(C#N)C(=O)O)s6)c6nsnc56)s4)cc3)c3ccc4c(c3)C(C)(C)c3ccccc3-4)cc21. The van der Waals surface area contributed by atoms with Crippen molar-refractivity contribution >= 4 is 74.5 Å². The first kappa shape index (κ1) is 38.9. The van der Waals surface area contributed by atoms with Gasteiger partial charge in [0.15, 0.2) is 0 Å². The third-order valence-corrected chi connectivity index (χ3v) is 15.6. The molecule has 6 nitrogen and oxygen atoms in total. The zero-order valence-electron chi connectivity index (χ0n) is 34.8. The average molecular weight is 871 g/mol. The van der Waals surface area contributed by atoms with Crippen LogP contribution >= 0.6 is 34.4 Å². The average Bonchev–Trinajstić information content (AvgIpc) is 4.15. The van der Waals surface area contributed by atoms with Crippen molar-refractivity contribution < 1.29 is 9.90 Å². The first-order valence-electron chi connectivity index (χ1n) is 20.7. The van der Waals surface area contributed by atoms with E-state index in [1.54, 1.807) is 17.4 Å². The van der Waals surface area contributed by atoms with Crippen molar-refractivity contribution in [2.24, 2.45) is 0 Å². The summed E-state index contributed by atoms with van der Waals surface area (Å²) in [6.45, 7) is 9.36. The molecular weight excluding hydrogens is 833 g/mol. The number of rotatable bonds is 8. The molecule has 3 heterocycles. The Labute approximate surface area is 377 Å². The van der Waals surface area contributed by atoms with Crippen LogP contribution in [0.25, 0.3) is 70.7 Å². The number of benzene rings is 6. The van der Waals surface area contributed by atoms with Gasteiger partial charge in [-0.25, -0.2) is 4.79 Å². The molecule has 0 bridgehead atoms. The summed E-state index contributed by atoms with van der Waals surface area (Å²) in [4.78, 5) is 17.7. The molecule has 0 amide bonds. The Morgan fingerprint density at radius 2 is 1.05 bits per heavy atom. The van der Waals surface area contributed by atoms with Crippen LogP contribution < -0.4 is 4.90 Å². The van der Waals surface area contributed by atoms with E-state index in [1.807, 2.05) is 12.1 Å². The maximum Gasteiger partial charge on any atom is 0.346 e. The molecule has 0 unspecified atom stereocenters. The van der Waals surface area contributed by atoms with Crippen LogP contribution in [0.15, 0.2) is 151 Å². The molecule has 0 saturated heterocycles. The standard InChI is InChI=1S/C54H38N4O2S3/c1-53(2)43-11-7-5-9-37(43)39-20-17-34(28-45(39)53)58(35-18-21-40-38-10-6-8-12-44(38)54(3,4)46(40)29-35)33-15-13-31(14-16-33)47-25-26-49(62-47)42-23-22-41(50-51(42)57-63-56-50)48-24-19-36(61-48)27-32(30-55)52(59)60/h5-29H,1-4H3,(H,59,60). The molecule has 9 aromatic rings. The van der Waals surface area contributed by atoms with Gasteiger partial charge in [-0.15, -0.1) is 22.7 Å². The molecule has 304 valence electrons. The van der Waals surface area contributed by atoms with Gasteiger partial charge in [0.1, 0.15) is 22.7 Å². The second-order valence-electron chi connectivity index (χ2n) is 17.1. The molecule has 0 atom stereocenters. The Kier molecular flexibility index (Phi) is 9.00. The molecule has 63 heavy (non-hydrogen) atoms. The van der Waals surface area contributed by atoms with Gasteiger partial charge in [0.2, 0.25) is 0 Å². The highest BCUT2D eigenvalue weighted by Gasteiger charge is 2.37. The fourth-order valence-electron chi connectivity index (χ4n) is 9.65. The molecule has 11 rings (SSSR count). The van der Waals surface area contributed by atoms with Crippen LogP contribution in [-0.4, -0.2) is 19.8 Å². The largest absolute Gasteiger partial charge is 0.477 e. The van der Waals surface area contributed by atoms with Crippen molar-refractivity contribution in [1.82, 2.24) is 8.75 Å². The lowest BCUT2D eigenvalue weighted by Crippen LogP contribution is -2.18. The molecule has 6 aromatic carbocycles. The summed E-state index contributed by atoms with van der Waals surface area (Å²) in [5.74, 6) is -1.24. The highest BCUT2D eigenvalue weighted by atomic mass is 32.1. The van der Waals surface area contributed by atoms with Gasteiger partial charge in [-0.05, 0) is 117 Å². The summed E-state index contributed by atoms with van der Waals surface area (Å²) in [5, 5.41) is 18.6. The number of thiophene rings is 2. The number of aliphatic carboxylic acids is 1. The number of hydrogen-bond donors (Lipinski definition) is 1. The number of carboxylic acids is 1. The smallest absolute Gasteiger partial charge is 0.346 e. The molecule has 3 aromatic heterocycles. The van der Waals surface area contributed by atoms with Crippen molar-refractivity contribution in [3.8, 4) is 59.6 Å². The second-order valence-corrected chi connectivity index (χ2v) is 19.9. The second kappa shape index (κ2) is 14.6. The summed E-state index contributed by atoms with van der Waals surface area (Å²) < 4.78 is 9.42. The molecule has 2 aliphatic rings. The summed E-state index contributed by atoms with van der Waals surface area (Å²) in [6.07, 6.45) is 1.40. The lowest BCUT2D eigenvalue weighted by molar-refractivity contribution is -0.132. The first-order chi connectivity index (χ1) is 30.5. The summed E-state index contributed by atoms with van der Waals surface area (Å²) in [6, 6.07) is 54.5. The van der Waals surface area contributed by atoms with Crippen LogP contribution in [-0.2, 0) is 15.6 Å². The molecule has 2 aliphatic carbocycles. The molecule has 1 N–H and O–H groups in total. The van der Waals surface area contributed by atoms with Gasteiger partial charge < -0.3 is 10.0 Å². The van der Waals surface area contributed by atoms with E-state index in [-0.39, 0.29) is 16.4 Å². The Bertz CT molecular complexity index is 3310. The third-order valence-electron chi connectivity index (χ3n) is 12.9. The van der Waals surface area contributed by atoms with Crippen LogP contribution in [0.3, 0.4) is 0 Å². The Morgan fingerprint density at radius 1 is 0.571 bits per heavy atom. The van der Waals surface area contributed by atoms with Gasteiger partial charge in [0.25, 0.3) is 0 Å². The van der Waals surface area contributed by atoms with Gasteiger partial charge in [0, 0.05) is 58.5 Å². The molecule has 0 saturated carbocycles. The molecule has 0 fully saturated rings. The topological polar surface area (TPSA) is 90.1 Å². The first-order valence-corrected chi connectivity index (χ1v) is 23.1. The number of carbonyl (C=O) groups is 1. The van der Waals surface area contributed by atoms with E-state index < -0.39 is 5.97 Å². The van der Waals surface area contributed by atoms with E-state index in [1.165, 1.54) is 73.6 Å². The van der Waals surface area contributed by atoms with Crippen LogP contribution in [0.4, 0.5) is 17.1 Å². The fraction of sp³-hybridized carbons (Fsp3) is 0.111. The van der Waals surface area contributed by atoms with Crippen LogP contribution in [0.5, 0.6) is 0 Å². The van der Waals surface area contributed by atoms with E-state index >= 15 is 0 Å². The number of nitrogens with zero attached hydrogens (tertiary/aromatic N) is 4. The summed E-state index contributed by atoms with van der Waals surface area (Å²) >= 11 is 4.32. The van der Waals surface area contributed by atoms with Crippen molar-refractivity contribution in [3.05, 3.63) is 178 Å². The summed E-state index contributed by atoms with van der Waals surface area (Å²) in [5.41, 5.74) is 18.1. The van der Waals surface area contributed by atoms with Gasteiger partial charge in [-0.2, -0.15) is 14.0 Å². The maximum atomic E-state index is 11.4. The van der Waals surface area contributed by atoms with E-state index in [0.717, 1.165) is 59.4 Å². The number of carboxylic acid groups (broad SMARTS) is 1. The van der Waals surface area contributed by atoms with E-state index in [2.05, 4.69) is 170 Å². The fourth-order valence-corrected chi connectivity index (χ4v) is 12.2. The van der Waals surface area contributed by atoms with Gasteiger partial charge in [0.05, 0.1) is 11.7 Å². The Balaban J connectivity index is 0.950. The minimum absolute atomic E-state index is 0.131. The zero-order chi connectivity index (χ0) is 43.2. The number of nitriles is 1. The lowest BCUT2D eigenvalue weighted by atomic mass is 9.82. The van der Waals surface area contributed by atoms with Crippen molar-refractivity contribution in [1.29, 1.82) is 5.26 Å². The van der Waals surface area contributed by atoms with Crippen molar-refractivity contribution in [3.63, 3.8) is 0 Å². The highest BCUT2D eigenvalue weighted by Crippen LogP contribution is 2.53. The third kappa shape index (κ3) is 6.20. The normalized spacial score (nSPS) is 14.2. The van der Waals surface area contributed by atoms with E-state index in [0.29, 0.717) is 4.88 Å². The minimum atomic E-state index is -1.24. The van der Waals surface area contributed by atoms with E-state index in [9.17, 15) is 15.2 Å². The zero-order valence-corrected chi connectivity index (χ0v) is 37.3. The lowest BCUT2D eigenvalue weighted by Gasteiger charge is -2.30. The maximum absolute atomic E-state index is 11.4. The number of anilines is 3. The monoisotopic (exact) mass is 870 g/mol. The molecule has 9 heteroatoms. The minimum Gasteiger partial charge on any atom is -0.477 e. The predicted molar refractivity (Wildman–Crippen MR) is 261 cm³/mol. The summed E-state index contributed by atoms with van der Waals surface area (Å²) in [7, 11) is 0. The number of fused-ring (bicyclic) bond motifs is 7. The van der Waals surface area contributed by atoms with Gasteiger partial charge in [-0.1, -0.05) is 113 Å². The molecule has 0 radical (unpaired) electrons. The van der Waals surface area contributed by atoms with Crippen LogP contribution in [0, 0.1) is 11.3 Å².